The maximum atomic E-state index is 3.93. The maximum Gasteiger partial charge on any atom is -0.0138 e. The minimum atomic E-state index is 0.180. The van der Waals surface area contributed by atoms with Gasteiger partial charge in [-0.25, -0.2) is 0 Å². The van der Waals surface area contributed by atoms with Gasteiger partial charge in [-0.2, -0.15) is 0 Å². The van der Waals surface area contributed by atoms with E-state index in [4.69, 9.17) is 0 Å². The third kappa shape index (κ3) is 3.29. The summed E-state index contributed by atoms with van der Waals surface area (Å²) in [6, 6.07) is 0. The first-order valence-corrected chi connectivity index (χ1v) is 3.47. The average Bonchev–Trinajstić information content (AvgIpc) is 1.80. The Balaban J connectivity index is 4.11. The monoisotopic (exact) mass is 136 g/mol. The lowest BCUT2D eigenvalue weighted by atomic mass is 9.87. The van der Waals surface area contributed by atoms with Crippen molar-refractivity contribution in [1.29, 1.82) is 0 Å². The van der Waals surface area contributed by atoms with E-state index in [0.29, 0.717) is 0 Å². The highest BCUT2D eigenvalue weighted by Gasteiger charge is 2.10. The Bertz CT molecular complexity index is 153. The third-order valence-electron chi connectivity index (χ3n) is 1.40. The van der Waals surface area contributed by atoms with Crippen LogP contribution in [0.5, 0.6) is 0 Å². The second-order valence-corrected chi connectivity index (χ2v) is 3.37. The summed E-state index contributed by atoms with van der Waals surface area (Å²) in [5.41, 5.74) is 1.31. The zero-order chi connectivity index (χ0) is 8.20. The molecule has 56 valence electrons. The van der Waals surface area contributed by atoms with Crippen molar-refractivity contribution < 1.29 is 0 Å². The highest BCUT2D eigenvalue weighted by atomic mass is 14.2. The van der Waals surface area contributed by atoms with Gasteiger partial charge in [0.05, 0.1) is 0 Å². The lowest BCUT2D eigenvalue weighted by Gasteiger charge is -2.18. The predicted octanol–water partition coefficient (Wildman–Crippen LogP) is 3.33. The van der Waals surface area contributed by atoms with Gasteiger partial charge in [-0.3, -0.25) is 0 Å². The number of rotatable bonds is 2. The van der Waals surface area contributed by atoms with Crippen molar-refractivity contribution in [3.8, 4) is 0 Å². The van der Waals surface area contributed by atoms with E-state index in [9.17, 15) is 0 Å². The standard InChI is InChI=1S/C10H16/c1-6-7-8-9(2)10(3,4)5/h6-8H,1-2H2,3-5H3/b8-7-. The van der Waals surface area contributed by atoms with Crippen molar-refractivity contribution in [2.75, 3.05) is 0 Å². The molecule has 0 aromatic heterocycles. The fraction of sp³-hybridized carbons (Fsp3) is 0.400. The van der Waals surface area contributed by atoms with Crippen LogP contribution in [0.3, 0.4) is 0 Å². The van der Waals surface area contributed by atoms with Crippen LogP contribution in [-0.2, 0) is 0 Å². The Morgan fingerprint density at radius 1 is 1.30 bits per heavy atom. The van der Waals surface area contributed by atoms with E-state index >= 15 is 0 Å². The normalized spacial score (nSPS) is 11.9. The SMILES string of the molecule is C=C/C=C\C(=C)C(C)(C)C. The van der Waals surface area contributed by atoms with Gasteiger partial charge in [0.1, 0.15) is 0 Å². The van der Waals surface area contributed by atoms with E-state index in [0.717, 1.165) is 5.57 Å². The molecule has 10 heavy (non-hydrogen) atoms. The van der Waals surface area contributed by atoms with Crippen molar-refractivity contribution in [3.63, 3.8) is 0 Å². The van der Waals surface area contributed by atoms with Crippen LogP contribution in [-0.4, -0.2) is 0 Å². The predicted molar refractivity (Wildman–Crippen MR) is 47.9 cm³/mol. The number of hydrogen-bond donors (Lipinski definition) is 0. The van der Waals surface area contributed by atoms with Gasteiger partial charge >= 0.3 is 0 Å². The van der Waals surface area contributed by atoms with Crippen LogP contribution in [0.1, 0.15) is 20.8 Å². The summed E-state index contributed by atoms with van der Waals surface area (Å²) in [5, 5.41) is 0. The van der Waals surface area contributed by atoms with Crippen LogP contribution in [0, 0.1) is 5.41 Å². The molecule has 0 saturated carbocycles. The van der Waals surface area contributed by atoms with Gasteiger partial charge in [0.25, 0.3) is 0 Å². The summed E-state index contributed by atoms with van der Waals surface area (Å²) in [6.07, 6.45) is 5.66. The molecule has 0 heterocycles. The van der Waals surface area contributed by atoms with Gasteiger partial charge in [-0.15, -0.1) is 0 Å². The molecule has 0 unspecified atom stereocenters. The first-order chi connectivity index (χ1) is 4.48. The summed E-state index contributed by atoms with van der Waals surface area (Å²) in [7, 11) is 0. The summed E-state index contributed by atoms with van der Waals surface area (Å²) < 4.78 is 0. The topological polar surface area (TPSA) is 0 Å². The summed E-state index contributed by atoms with van der Waals surface area (Å²) in [4.78, 5) is 0. The molecule has 0 N–H and O–H groups in total. The van der Waals surface area contributed by atoms with Crippen LogP contribution in [0.15, 0.2) is 37.0 Å². The van der Waals surface area contributed by atoms with Crippen molar-refractivity contribution in [3.05, 3.63) is 37.0 Å². The van der Waals surface area contributed by atoms with Crippen molar-refractivity contribution in [1.82, 2.24) is 0 Å². The van der Waals surface area contributed by atoms with Crippen LogP contribution in [0.2, 0.25) is 0 Å². The smallest absolute Gasteiger partial charge is 0.0138 e. The molecule has 0 heteroatoms. The summed E-state index contributed by atoms with van der Waals surface area (Å²) >= 11 is 0. The van der Waals surface area contributed by atoms with Crippen LogP contribution in [0.25, 0.3) is 0 Å². The molecule has 0 aliphatic heterocycles. The number of hydrogen-bond acceptors (Lipinski definition) is 0. The van der Waals surface area contributed by atoms with Crippen molar-refractivity contribution >= 4 is 0 Å². The van der Waals surface area contributed by atoms with E-state index in [1.54, 1.807) is 6.08 Å². The zero-order valence-electron chi connectivity index (χ0n) is 7.15. The van der Waals surface area contributed by atoms with Gasteiger partial charge in [0.15, 0.2) is 0 Å². The second kappa shape index (κ2) is 3.40. The first-order valence-electron chi connectivity index (χ1n) is 3.47. The second-order valence-electron chi connectivity index (χ2n) is 3.37. The highest BCUT2D eigenvalue weighted by molar-refractivity contribution is 5.23. The van der Waals surface area contributed by atoms with Gasteiger partial charge in [0, 0.05) is 0 Å². The van der Waals surface area contributed by atoms with Gasteiger partial charge in [-0.1, -0.05) is 52.2 Å². The average molecular weight is 136 g/mol. The van der Waals surface area contributed by atoms with Crippen LogP contribution < -0.4 is 0 Å². The minimum Gasteiger partial charge on any atom is -0.0991 e. The summed E-state index contributed by atoms with van der Waals surface area (Å²) in [5.74, 6) is 0. The van der Waals surface area contributed by atoms with E-state index < -0.39 is 0 Å². The van der Waals surface area contributed by atoms with Gasteiger partial charge in [0.2, 0.25) is 0 Å². The molecular weight excluding hydrogens is 120 g/mol. The Labute approximate surface area is 64.0 Å². The fourth-order valence-electron chi connectivity index (χ4n) is 0.434. The lowest BCUT2D eigenvalue weighted by Crippen LogP contribution is -2.05. The molecule has 0 saturated heterocycles. The van der Waals surface area contributed by atoms with E-state index in [2.05, 4.69) is 33.9 Å². The molecule has 0 amide bonds. The Hall–Kier alpha value is -0.780. The molecule has 0 bridgehead atoms. The van der Waals surface area contributed by atoms with E-state index in [-0.39, 0.29) is 5.41 Å². The maximum absolute atomic E-state index is 3.93. The lowest BCUT2D eigenvalue weighted by molar-refractivity contribution is 0.519. The fourth-order valence-corrected chi connectivity index (χ4v) is 0.434. The van der Waals surface area contributed by atoms with Gasteiger partial charge < -0.3 is 0 Å². The van der Waals surface area contributed by atoms with Gasteiger partial charge in [-0.05, 0) is 11.0 Å². The molecule has 0 rings (SSSR count). The van der Waals surface area contributed by atoms with Crippen molar-refractivity contribution in [2.45, 2.75) is 20.8 Å². The van der Waals surface area contributed by atoms with Crippen molar-refractivity contribution in [2.24, 2.45) is 5.41 Å². The van der Waals surface area contributed by atoms with Crippen LogP contribution in [0.4, 0.5) is 0 Å². The molecule has 0 aromatic rings. The molecule has 0 radical (unpaired) electrons. The molecule has 0 nitrogen and oxygen atoms in total. The Morgan fingerprint density at radius 2 is 1.80 bits per heavy atom. The molecular formula is C10H16. The van der Waals surface area contributed by atoms with Crippen LogP contribution >= 0.6 is 0 Å². The molecule has 0 aromatic carbocycles. The number of allylic oxidation sites excluding steroid dienone is 4. The third-order valence-corrected chi connectivity index (χ3v) is 1.40. The summed E-state index contributed by atoms with van der Waals surface area (Å²) in [6.45, 7) is 13.9. The molecule has 0 aliphatic carbocycles. The Morgan fingerprint density at radius 3 is 2.10 bits per heavy atom. The molecule has 0 atom stereocenters. The molecule has 0 aliphatic rings. The molecule has 0 fully saturated rings. The first kappa shape index (κ1) is 9.22. The Kier molecular flexibility index (Phi) is 3.14. The van der Waals surface area contributed by atoms with E-state index in [1.807, 2.05) is 12.2 Å². The quantitative estimate of drug-likeness (QED) is 0.511. The highest BCUT2D eigenvalue weighted by Crippen LogP contribution is 2.23. The van der Waals surface area contributed by atoms with E-state index in [1.165, 1.54) is 0 Å². The zero-order valence-corrected chi connectivity index (χ0v) is 7.15. The minimum absolute atomic E-state index is 0.180. The molecule has 0 spiro atoms. The largest absolute Gasteiger partial charge is 0.0991 e.